The van der Waals surface area contributed by atoms with Crippen LogP contribution in [0.15, 0.2) is 24.3 Å². The van der Waals surface area contributed by atoms with Crippen molar-refractivity contribution in [3.8, 4) is 0 Å². The summed E-state index contributed by atoms with van der Waals surface area (Å²) in [5.41, 5.74) is 0.808. The molecule has 1 atom stereocenters. The maximum absolute atomic E-state index is 13.8. The minimum absolute atomic E-state index is 0.0960. The van der Waals surface area contributed by atoms with Gasteiger partial charge in [0.1, 0.15) is 5.82 Å². The molecule has 2 heterocycles. The third-order valence-corrected chi connectivity index (χ3v) is 6.80. The van der Waals surface area contributed by atoms with Gasteiger partial charge >= 0.3 is 0 Å². The number of amides is 1. The van der Waals surface area contributed by atoms with Crippen molar-refractivity contribution in [3.05, 3.63) is 35.6 Å². The van der Waals surface area contributed by atoms with Crippen LogP contribution in [0.2, 0.25) is 0 Å². The molecule has 162 valence electrons. The molecule has 5 heteroatoms. The Labute approximate surface area is 176 Å². The molecular formula is C24H38FN3O. The van der Waals surface area contributed by atoms with Gasteiger partial charge in [0, 0.05) is 32.7 Å². The fraction of sp³-hybridized carbons (Fsp3) is 0.708. The van der Waals surface area contributed by atoms with E-state index in [9.17, 15) is 9.18 Å². The zero-order valence-electron chi connectivity index (χ0n) is 18.4. The smallest absolute Gasteiger partial charge is 0.226 e. The summed E-state index contributed by atoms with van der Waals surface area (Å²) >= 11 is 0. The van der Waals surface area contributed by atoms with Crippen LogP contribution in [0.1, 0.15) is 45.1 Å². The van der Waals surface area contributed by atoms with Gasteiger partial charge in [-0.3, -0.25) is 4.79 Å². The Balaban J connectivity index is 1.39. The summed E-state index contributed by atoms with van der Waals surface area (Å²) in [6.07, 6.45) is 5.17. The number of rotatable bonds is 7. The second-order valence-electron chi connectivity index (χ2n) is 9.27. The van der Waals surface area contributed by atoms with Crippen LogP contribution in [0.3, 0.4) is 0 Å². The average molecular weight is 404 g/mol. The van der Waals surface area contributed by atoms with Crippen molar-refractivity contribution in [3.63, 3.8) is 0 Å². The van der Waals surface area contributed by atoms with E-state index in [1.807, 2.05) is 24.1 Å². The maximum atomic E-state index is 13.8. The highest BCUT2D eigenvalue weighted by atomic mass is 19.1. The molecule has 1 amide bonds. The number of hydrogen-bond acceptors (Lipinski definition) is 3. The fourth-order valence-electron chi connectivity index (χ4n) is 4.84. The molecule has 2 aliphatic heterocycles. The third-order valence-electron chi connectivity index (χ3n) is 6.80. The highest BCUT2D eigenvalue weighted by Crippen LogP contribution is 2.23. The van der Waals surface area contributed by atoms with E-state index in [2.05, 4.69) is 23.6 Å². The SMILES string of the molecule is CC(C)N1CCC[C@@H](C(=O)N(C)CC2CCN(CCc3ccccc3F)CC2)C1. The van der Waals surface area contributed by atoms with Gasteiger partial charge in [-0.2, -0.15) is 0 Å². The summed E-state index contributed by atoms with van der Waals surface area (Å²) in [7, 11) is 1.99. The van der Waals surface area contributed by atoms with E-state index in [0.29, 0.717) is 17.9 Å². The summed E-state index contributed by atoms with van der Waals surface area (Å²) in [6, 6.07) is 7.60. The molecule has 2 fully saturated rings. The molecule has 1 aromatic rings. The van der Waals surface area contributed by atoms with Gasteiger partial charge in [0.2, 0.25) is 5.91 Å². The van der Waals surface area contributed by atoms with Crippen molar-refractivity contribution >= 4 is 5.91 Å². The largest absolute Gasteiger partial charge is 0.345 e. The first-order chi connectivity index (χ1) is 13.9. The van der Waals surface area contributed by atoms with Crippen LogP contribution in [0.5, 0.6) is 0 Å². The van der Waals surface area contributed by atoms with E-state index < -0.39 is 0 Å². The van der Waals surface area contributed by atoms with Crippen LogP contribution >= 0.6 is 0 Å². The lowest BCUT2D eigenvalue weighted by atomic mass is 9.93. The van der Waals surface area contributed by atoms with Crippen molar-refractivity contribution in [2.45, 2.75) is 52.0 Å². The number of benzene rings is 1. The van der Waals surface area contributed by atoms with Gasteiger partial charge in [-0.1, -0.05) is 18.2 Å². The van der Waals surface area contributed by atoms with Gasteiger partial charge in [0.25, 0.3) is 0 Å². The first-order valence-corrected chi connectivity index (χ1v) is 11.4. The molecule has 0 N–H and O–H groups in total. The normalized spacial score (nSPS) is 22.2. The van der Waals surface area contributed by atoms with Crippen LogP contribution in [-0.4, -0.2) is 73.0 Å². The monoisotopic (exact) mass is 403 g/mol. The molecular weight excluding hydrogens is 365 g/mol. The minimum atomic E-state index is -0.0960. The van der Waals surface area contributed by atoms with E-state index in [4.69, 9.17) is 0 Å². The summed E-state index contributed by atoms with van der Waals surface area (Å²) in [6.45, 7) is 10.4. The van der Waals surface area contributed by atoms with Crippen LogP contribution in [-0.2, 0) is 11.2 Å². The Morgan fingerprint density at radius 3 is 2.59 bits per heavy atom. The number of hydrogen-bond donors (Lipinski definition) is 0. The Hall–Kier alpha value is -1.46. The molecule has 0 radical (unpaired) electrons. The van der Waals surface area contributed by atoms with Crippen molar-refractivity contribution in [2.75, 3.05) is 46.3 Å². The number of carbonyl (C=O) groups is 1. The predicted molar refractivity (Wildman–Crippen MR) is 116 cm³/mol. The number of piperidine rings is 2. The quantitative estimate of drug-likeness (QED) is 0.695. The molecule has 3 rings (SSSR count). The molecule has 1 aromatic carbocycles. The Kier molecular flexibility index (Phi) is 8.07. The molecule has 0 unspecified atom stereocenters. The van der Waals surface area contributed by atoms with Crippen molar-refractivity contribution in [2.24, 2.45) is 11.8 Å². The number of carbonyl (C=O) groups excluding carboxylic acids is 1. The lowest BCUT2D eigenvalue weighted by Gasteiger charge is -2.38. The van der Waals surface area contributed by atoms with Crippen molar-refractivity contribution < 1.29 is 9.18 Å². The number of nitrogens with zero attached hydrogens (tertiary/aromatic N) is 3. The summed E-state index contributed by atoms with van der Waals surface area (Å²) in [5.74, 6) is 0.981. The average Bonchev–Trinajstić information content (AvgIpc) is 2.73. The van der Waals surface area contributed by atoms with Gasteiger partial charge in [-0.15, -0.1) is 0 Å². The van der Waals surface area contributed by atoms with Crippen LogP contribution < -0.4 is 0 Å². The van der Waals surface area contributed by atoms with Crippen LogP contribution in [0.4, 0.5) is 4.39 Å². The van der Waals surface area contributed by atoms with E-state index in [1.165, 1.54) is 0 Å². The van der Waals surface area contributed by atoms with Crippen LogP contribution in [0.25, 0.3) is 0 Å². The molecule has 0 spiro atoms. The summed E-state index contributed by atoms with van der Waals surface area (Å²) in [5, 5.41) is 0. The molecule has 0 aliphatic carbocycles. The molecule has 29 heavy (non-hydrogen) atoms. The highest BCUT2D eigenvalue weighted by Gasteiger charge is 2.30. The first-order valence-electron chi connectivity index (χ1n) is 11.4. The van der Waals surface area contributed by atoms with Gasteiger partial charge in [0.05, 0.1) is 5.92 Å². The second kappa shape index (κ2) is 10.5. The lowest BCUT2D eigenvalue weighted by molar-refractivity contribution is -0.137. The predicted octanol–water partition coefficient (Wildman–Crippen LogP) is 3.66. The van der Waals surface area contributed by atoms with Crippen LogP contribution in [0, 0.1) is 17.7 Å². The minimum Gasteiger partial charge on any atom is -0.345 e. The third kappa shape index (κ3) is 6.26. The summed E-state index contributed by atoms with van der Waals surface area (Å²) in [4.78, 5) is 19.8. The second-order valence-corrected chi connectivity index (χ2v) is 9.27. The molecule has 4 nitrogen and oxygen atoms in total. The first kappa shape index (κ1) is 22.2. The summed E-state index contributed by atoms with van der Waals surface area (Å²) < 4.78 is 13.8. The Morgan fingerprint density at radius 1 is 1.17 bits per heavy atom. The van der Waals surface area contributed by atoms with Crippen molar-refractivity contribution in [1.82, 2.24) is 14.7 Å². The zero-order valence-corrected chi connectivity index (χ0v) is 18.4. The lowest BCUT2D eigenvalue weighted by Crippen LogP contribution is -2.47. The highest BCUT2D eigenvalue weighted by molar-refractivity contribution is 5.79. The molecule has 0 bridgehead atoms. The van der Waals surface area contributed by atoms with E-state index >= 15 is 0 Å². The number of likely N-dealkylation sites (tertiary alicyclic amines) is 2. The molecule has 2 aliphatic rings. The van der Waals surface area contributed by atoms with Gasteiger partial charge < -0.3 is 14.7 Å². The fourth-order valence-corrected chi connectivity index (χ4v) is 4.84. The topological polar surface area (TPSA) is 26.8 Å². The Bertz CT molecular complexity index is 657. The van der Waals surface area contributed by atoms with E-state index in [1.54, 1.807) is 12.1 Å². The van der Waals surface area contributed by atoms with Gasteiger partial charge in [-0.05, 0) is 83.1 Å². The molecule has 2 saturated heterocycles. The van der Waals surface area contributed by atoms with E-state index in [0.717, 1.165) is 76.9 Å². The van der Waals surface area contributed by atoms with Gasteiger partial charge in [0.15, 0.2) is 0 Å². The van der Waals surface area contributed by atoms with Gasteiger partial charge in [-0.25, -0.2) is 4.39 Å². The van der Waals surface area contributed by atoms with E-state index in [-0.39, 0.29) is 11.7 Å². The number of halogens is 1. The molecule has 0 saturated carbocycles. The van der Waals surface area contributed by atoms with Crippen molar-refractivity contribution in [1.29, 1.82) is 0 Å². The standard InChI is InChI=1S/C24H38FN3O/c1-19(2)28-13-6-8-22(18-28)24(29)26(3)17-20-10-14-27(15-11-20)16-12-21-7-4-5-9-23(21)25/h4-5,7,9,19-20,22H,6,8,10-18H2,1-3H3/t22-/m1/s1. The maximum Gasteiger partial charge on any atom is 0.226 e. The zero-order chi connectivity index (χ0) is 20.8. The molecule has 0 aromatic heterocycles. The Morgan fingerprint density at radius 2 is 1.90 bits per heavy atom.